The molecule has 2 aromatic rings. The van der Waals surface area contributed by atoms with Gasteiger partial charge in [-0.1, -0.05) is 24.3 Å². The van der Waals surface area contributed by atoms with Gasteiger partial charge in [-0.25, -0.2) is 0 Å². The van der Waals surface area contributed by atoms with Crippen LogP contribution in [0.1, 0.15) is 17.4 Å². The molecule has 0 aliphatic heterocycles. The van der Waals surface area contributed by atoms with E-state index >= 15 is 0 Å². The zero-order valence-electron chi connectivity index (χ0n) is 8.03. The molecule has 70 valence electrons. The van der Waals surface area contributed by atoms with Crippen LogP contribution in [0, 0.1) is 0 Å². The molecule has 0 saturated carbocycles. The van der Waals surface area contributed by atoms with Crippen molar-refractivity contribution in [3.63, 3.8) is 0 Å². The molecule has 2 nitrogen and oxygen atoms in total. The zero-order valence-corrected chi connectivity index (χ0v) is 8.03. The van der Waals surface area contributed by atoms with Crippen LogP contribution >= 0.6 is 0 Å². The number of aromatic nitrogens is 1. The van der Waals surface area contributed by atoms with Crippen molar-refractivity contribution < 1.29 is 4.74 Å². The molecule has 1 unspecified atom stereocenters. The minimum Gasteiger partial charge on any atom is -0.376 e. The number of nitrogens with zero attached hydrogens (tertiary/aromatic N) is 1. The molecule has 0 fully saturated rings. The molecular weight excluding hydrogens is 174 g/mol. The first-order valence-electron chi connectivity index (χ1n) is 4.79. The summed E-state index contributed by atoms with van der Waals surface area (Å²) < 4.78 is 5.38. The summed E-state index contributed by atoms with van der Waals surface area (Å²) >= 11 is 0. The van der Waals surface area contributed by atoms with E-state index in [2.05, 4.69) is 23.2 Å². The Morgan fingerprint density at radius 1 is 1.36 bits per heavy atom. The van der Waals surface area contributed by atoms with E-state index in [4.69, 9.17) is 4.74 Å². The van der Waals surface area contributed by atoms with Crippen molar-refractivity contribution in [1.82, 2.24) is 4.98 Å². The van der Waals surface area contributed by atoms with Crippen LogP contribution in [0.4, 0.5) is 0 Å². The van der Waals surface area contributed by atoms with Crippen LogP contribution in [0.15, 0.2) is 30.5 Å². The van der Waals surface area contributed by atoms with Crippen molar-refractivity contribution in [3.8, 4) is 0 Å². The van der Waals surface area contributed by atoms with Gasteiger partial charge >= 0.3 is 0 Å². The maximum Gasteiger partial charge on any atom is 0.0900 e. The third kappa shape index (κ3) is 0.917. The number of hydrogen-bond acceptors (Lipinski definition) is 2. The van der Waals surface area contributed by atoms with Crippen LogP contribution < -0.4 is 0 Å². The Morgan fingerprint density at radius 2 is 2.21 bits per heavy atom. The van der Waals surface area contributed by atoms with Crippen LogP contribution in [-0.2, 0) is 11.2 Å². The van der Waals surface area contributed by atoms with Gasteiger partial charge in [0, 0.05) is 36.4 Å². The first-order valence-corrected chi connectivity index (χ1v) is 4.79. The standard InChI is InChI=1S/C12H11NO/c1-14-11-6-10-12(11)9-5-3-2-4-8(9)7-13-10/h2-5,7,11H,6H2,1H3. The Balaban J connectivity index is 2.31. The first kappa shape index (κ1) is 7.94. The largest absolute Gasteiger partial charge is 0.376 e. The van der Waals surface area contributed by atoms with E-state index in [-0.39, 0.29) is 6.10 Å². The third-order valence-corrected chi connectivity index (χ3v) is 2.91. The lowest BCUT2D eigenvalue weighted by atomic mass is 9.86. The number of methoxy groups -OCH3 is 1. The summed E-state index contributed by atoms with van der Waals surface area (Å²) in [5.41, 5.74) is 2.47. The summed E-state index contributed by atoms with van der Waals surface area (Å²) in [6, 6.07) is 8.33. The Bertz CT molecular complexity index is 493. The second kappa shape index (κ2) is 2.79. The fourth-order valence-corrected chi connectivity index (χ4v) is 2.10. The van der Waals surface area contributed by atoms with Crippen molar-refractivity contribution in [2.75, 3.05) is 7.11 Å². The maximum atomic E-state index is 5.38. The molecule has 0 bridgehead atoms. The smallest absolute Gasteiger partial charge is 0.0900 e. The number of benzene rings is 1. The first-order chi connectivity index (χ1) is 6.90. The van der Waals surface area contributed by atoms with Gasteiger partial charge in [0.05, 0.1) is 6.10 Å². The quantitative estimate of drug-likeness (QED) is 0.681. The van der Waals surface area contributed by atoms with Gasteiger partial charge in [0.15, 0.2) is 0 Å². The third-order valence-electron chi connectivity index (χ3n) is 2.91. The topological polar surface area (TPSA) is 22.1 Å². The summed E-state index contributed by atoms with van der Waals surface area (Å²) in [6.45, 7) is 0. The van der Waals surface area contributed by atoms with Gasteiger partial charge < -0.3 is 4.74 Å². The highest BCUT2D eigenvalue weighted by Crippen LogP contribution is 2.38. The monoisotopic (exact) mass is 185 g/mol. The van der Waals surface area contributed by atoms with Crippen LogP contribution in [0.5, 0.6) is 0 Å². The summed E-state index contributed by atoms with van der Waals surface area (Å²) in [4.78, 5) is 4.41. The molecule has 1 aromatic carbocycles. The number of fused-ring (bicyclic) bond motifs is 3. The Labute approximate surface area is 82.5 Å². The van der Waals surface area contributed by atoms with Crippen LogP contribution in [0.25, 0.3) is 10.8 Å². The van der Waals surface area contributed by atoms with Crippen molar-refractivity contribution in [1.29, 1.82) is 0 Å². The average molecular weight is 185 g/mol. The summed E-state index contributed by atoms with van der Waals surface area (Å²) in [6.07, 6.45) is 3.15. The molecule has 0 spiro atoms. The molecule has 1 heterocycles. The lowest BCUT2D eigenvalue weighted by Gasteiger charge is -2.28. The summed E-state index contributed by atoms with van der Waals surface area (Å²) in [5, 5.41) is 2.49. The van der Waals surface area contributed by atoms with E-state index in [1.807, 2.05) is 12.3 Å². The fraction of sp³-hybridized carbons (Fsp3) is 0.250. The number of hydrogen-bond donors (Lipinski definition) is 0. The number of rotatable bonds is 1. The Morgan fingerprint density at radius 3 is 3.07 bits per heavy atom. The molecule has 0 saturated heterocycles. The van der Waals surface area contributed by atoms with Crippen LogP contribution in [0.3, 0.4) is 0 Å². The lowest BCUT2D eigenvalue weighted by Crippen LogP contribution is -2.20. The highest BCUT2D eigenvalue weighted by molar-refractivity contribution is 5.87. The van der Waals surface area contributed by atoms with Crippen molar-refractivity contribution >= 4 is 10.8 Å². The van der Waals surface area contributed by atoms with Crippen LogP contribution in [-0.4, -0.2) is 12.1 Å². The molecule has 1 aliphatic rings. The van der Waals surface area contributed by atoms with Gasteiger partial charge in [-0.15, -0.1) is 0 Å². The average Bonchev–Trinajstić information content (AvgIpc) is 2.18. The van der Waals surface area contributed by atoms with Gasteiger partial charge in [-0.2, -0.15) is 0 Å². The van der Waals surface area contributed by atoms with Gasteiger partial charge in [-0.05, 0) is 5.39 Å². The minimum absolute atomic E-state index is 0.253. The van der Waals surface area contributed by atoms with Gasteiger partial charge in [0.1, 0.15) is 0 Å². The van der Waals surface area contributed by atoms with E-state index < -0.39 is 0 Å². The van der Waals surface area contributed by atoms with Crippen molar-refractivity contribution in [3.05, 3.63) is 41.7 Å². The molecule has 0 N–H and O–H groups in total. The Hall–Kier alpha value is -1.41. The molecular formula is C12H11NO. The summed E-state index contributed by atoms with van der Waals surface area (Å²) in [7, 11) is 1.76. The summed E-state index contributed by atoms with van der Waals surface area (Å²) in [5.74, 6) is 0. The van der Waals surface area contributed by atoms with E-state index in [9.17, 15) is 0 Å². The van der Waals surface area contributed by atoms with E-state index in [1.54, 1.807) is 7.11 Å². The highest BCUT2D eigenvalue weighted by Gasteiger charge is 2.29. The Kier molecular flexibility index (Phi) is 1.58. The molecule has 2 heteroatoms. The minimum atomic E-state index is 0.253. The normalized spacial score (nSPS) is 19.1. The van der Waals surface area contributed by atoms with E-state index in [0.717, 1.165) is 6.42 Å². The predicted octanol–water partition coefficient (Wildman–Crippen LogP) is 2.48. The SMILES string of the molecule is COC1Cc2ncc3ccccc3c21. The second-order valence-electron chi connectivity index (χ2n) is 3.63. The number of ether oxygens (including phenoxy) is 1. The molecule has 1 aliphatic carbocycles. The van der Waals surface area contributed by atoms with Gasteiger partial charge in [0.2, 0.25) is 0 Å². The lowest BCUT2D eigenvalue weighted by molar-refractivity contribution is 0.0839. The van der Waals surface area contributed by atoms with Crippen molar-refractivity contribution in [2.24, 2.45) is 0 Å². The number of pyridine rings is 1. The van der Waals surface area contributed by atoms with Gasteiger partial charge in [-0.3, -0.25) is 4.98 Å². The molecule has 14 heavy (non-hydrogen) atoms. The molecule has 0 amide bonds. The van der Waals surface area contributed by atoms with E-state index in [1.165, 1.54) is 22.0 Å². The maximum absolute atomic E-state index is 5.38. The highest BCUT2D eigenvalue weighted by atomic mass is 16.5. The van der Waals surface area contributed by atoms with E-state index in [0.29, 0.717) is 0 Å². The molecule has 1 atom stereocenters. The van der Waals surface area contributed by atoms with Crippen molar-refractivity contribution in [2.45, 2.75) is 12.5 Å². The zero-order chi connectivity index (χ0) is 9.54. The molecule has 0 radical (unpaired) electrons. The molecule has 3 rings (SSSR count). The molecule has 1 aromatic heterocycles. The van der Waals surface area contributed by atoms with Crippen LogP contribution in [0.2, 0.25) is 0 Å². The second-order valence-corrected chi connectivity index (χ2v) is 3.63. The predicted molar refractivity (Wildman–Crippen MR) is 55.2 cm³/mol. The fourth-order valence-electron chi connectivity index (χ4n) is 2.10. The van der Waals surface area contributed by atoms with Gasteiger partial charge in [0.25, 0.3) is 0 Å².